The van der Waals surface area contributed by atoms with Crippen molar-refractivity contribution in [3.63, 3.8) is 0 Å². The lowest BCUT2D eigenvalue weighted by atomic mass is 10.0. The fourth-order valence-electron chi connectivity index (χ4n) is 1.96. The molecule has 0 saturated carbocycles. The van der Waals surface area contributed by atoms with Crippen molar-refractivity contribution in [3.8, 4) is 5.75 Å². The van der Waals surface area contributed by atoms with E-state index in [-0.39, 0.29) is 0 Å². The molecule has 18 heavy (non-hydrogen) atoms. The minimum absolute atomic E-state index is 0.433. The van der Waals surface area contributed by atoms with Gasteiger partial charge >= 0.3 is 0 Å². The van der Waals surface area contributed by atoms with Crippen molar-refractivity contribution in [2.24, 2.45) is 0 Å². The number of benzene rings is 1. The second-order valence-corrected chi connectivity index (χ2v) is 4.28. The molecule has 1 aliphatic rings. The minimum Gasteiger partial charge on any atom is -0.337 e. The Morgan fingerprint density at radius 2 is 2.28 bits per heavy atom. The van der Waals surface area contributed by atoms with E-state index in [9.17, 15) is 4.79 Å². The molecule has 0 aliphatic carbocycles. The number of allylic oxidation sites excluding steroid dienone is 1. The molecule has 0 aromatic heterocycles. The molecule has 2 rings (SSSR count). The average Bonchev–Trinajstić information content (AvgIpc) is 2.36. The van der Waals surface area contributed by atoms with E-state index in [0.29, 0.717) is 19.4 Å². The van der Waals surface area contributed by atoms with Crippen molar-refractivity contribution in [2.45, 2.75) is 32.1 Å². The fourth-order valence-corrected chi connectivity index (χ4v) is 1.96. The zero-order chi connectivity index (χ0) is 12.6. The quantitative estimate of drug-likeness (QED) is 0.603. The molecule has 0 saturated heterocycles. The third-order valence-electron chi connectivity index (χ3n) is 2.90. The largest absolute Gasteiger partial charge is 0.337 e. The van der Waals surface area contributed by atoms with Crippen molar-refractivity contribution < 1.29 is 14.6 Å². The third-order valence-corrected chi connectivity index (χ3v) is 2.90. The Hall–Kier alpha value is -1.61. The van der Waals surface area contributed by atoms with Gasteiger partial charge in [-0.25, -0.2) is 0 Å². The highest BCUT2D eigenvalue weighted by molar-refractivity contribution is 5.60. The molecule has 0 bridgehead atoms. The van der Waals surface area contributed by atoms with Gasteiger partial charge in [0.2, 0.25) is 0 Å². The Balaban J connectivity index is 2.16. The first-order valence-electron chi connectivity index (χ1n) is 6.34. The monoisotopic (exact) mass is 245 g/mol. The van der Waals surface area contributed by atoms with Gasteiger partial charge in [0, 0.05) is 12.0 Å². The molecule has 0 atom stereocenters. The second-order valence-electron chi connectivity index (χ2n) is 4.28. The molecule has 95 valence electrons. The number of unbranched alkanes of at least 4 members (excludes halogenated alkanes) is 1. The summed E-state index contributed by atoms with van der Waals surface area (Å²) in [7, 11) is 0. The highest BCUT2D eigenvalue weighted by Gasteiger charge is 2.11. The second kappa shape index (κ2) is 6.97. The fraction of sp³-hybridized carbons (Fsp3) is 0.400. The summed E-state index contributed by atoms with van der Waals surface area (Å²) in [6, 6.07) is 6.08. The lowest BCUT2D eigenvalue weighted by Crippen LogP contribution is -2.07. The number of hydrogen-bond acceptors (Lipinski definition) is 3. The first-order chi connectivity index (χ1) is 8.92. The maximum Gasteiger partial charge on any atom is 0.198 e. The van der Waals surface area contributed by atoms with Crippen LogP contribution in [0.3, 0.4) is 0 Å². The van der Waals surface area contributed by atoms with Gasteiger partial charge in [0.05, 0.1) is 6.61 Å². The Bertz CT molecular complexity index is 424. The Labute approximate surface area is 107 Å². The van der Waals surface area contributed by atoms with Crippen molar-refractivity contribution in [2.75, 3.05) is 6.61 Å². The molecular formula is C15H17O3. The van der Waals surface area contributed by atoms with Crippen molar-refractivity contribution in [3.05, 3.63) is 35.4 Å². The van der Waals surface area contributed by atoms with E-state index >= 15 is 0 Å². The third kappa shape index (κ3) is 3.44. The van der Waals surface area contributed by atoms with Crippen LogP contribution in [0.1, 0.15) is 36.8 Å². The summed E-state index contributed by atoms with van der Waals surface area (Å²) in [4.78, 5) is 20.7. The van der Waals surface area contributed by atoms with Crippen LogP contribution in [0, 0.1) is 0 Å². The summed E-state index contributed by atoms with van der Waals surface area (Å²) >= 11 is 0. The summed E-state index contributed by atoms with van der Waals surface area (Å²) in [5, 5.41) is 0. The molecule has 0 amide bonds. The standard InChI is InChI=1S/C15H17O3/c16-11-4-1-2-7-13-9-6-10-14-8-3-5-12-17-18-15(13)14/h2,6-7,9-10H,1,3-5,8,12H2/b7-2+. The van der Waals surface area contributed by atoms with Crippen LogP contribution in [0.25, 0.3) is 6.08 Å². The summed E-state index contributed by atoms with van der Waals surface area (Å²) < 4.78 is 0. The van der Waals surface area contributed by atoms with E-state index in [1.165, 1.54) is 5.56 Å². The van der Waals surface area contributed by atoms with Crippen molar-refractivity contribution in [1.82, 2.24) is 0 Å². The molecule has 1 aliphatic heterocycles. The summed E-state index contributed by atoms with van der Waals surface area (Å²) in [6.07, 6.45) is 10.1. The zero-order valence-electron chi connectivity index (χ0n) is 10.4. The van der Waals surface area contributed by atoms with Crippen LogP contribution in [-0.2, 0) is 16.1 Å². The molecule has 3 heteroatoms. The highest BCUT2D eigenvalue weighted by Crippen LogP contribution is 2.28. The van der Waals surface area contributed by atoms with Gasteiger partial charge in [-0.1, -0.05) is 30.4 Å². The van der Waals surface area contributed by atoms with Crippen LogP contribution in [0.15, 0.2) is 24.3 Å². The molecule has 0 unspecified atom stereocenters. The molecule has 1 aromatic rings. The highest BCUT2D eigenvalue weighted by atomic mass is 17.2. The molecule has 0 spiro atoms. The smallest absolute Gasteiger partial charge is 0.198 e. The predicted octanol–water partition coefficient (Wildman–Crippen LogP) is 3.24. The summed E-state index contributed by atoms with van der Waals surface area (Å²) in [6.45, 7) is 0.636. The SMILES string of the molecule is O=[C]CC/C=C/c1cccc2c1OOCCCC2. The molecule has 1 radical (unpaired) electrons. The lowest BCUT2D eigenvalue weighted by Gasteiger charge is -2.15. The maximum absolute atomic E-state index is 10.1. The number of fused-ring (bicyclic) bond motifs is 1. The van der Waals surface area contributed by atoms with E-state index in [1.54, 1.807) is 0 Å². The van der Waals surface area contributed by atoms with Crippen LogP contribution >= 0.6 is 0 Å². The number of para-hydroxylation sites is 1. The van der Waals surface area contributed by atoms with E-state index < -0.39 is 0 Å². The Morgan fingerprint density at radius 3 is 3.17 bits per heavy atom. The molecule has 0 fully saturated rings. The van der Waals surface area contributed by atoms with Crippen LogP contribution in [-0.4, -0.2) is 12.9 Å². The summed E-state index contributed by atoms with van der Waals surface area (Å²) in [5.41, 5.74) is 2.18. The van der Waals surface area contributed by atoms with Gasteiger partial charge in [0.25, 0.3) is 0 Å². The number of rotatable bonds is 4. The van der Waals surface area contributed by atoms with Crippen LogP contribution < -0.4 is 4.89 Å². The molecule has 3 nitrogen and oxygen atoms in total. The number of hydrogen-bond donors (Lipinski definition) is 0. The molecular weight excluding hydrogens is 228 g/mol. The van der Waals surface area contributed by atoms with Gasteiger partial charge in [-0.05, 0) is 31.2 Å². The van der Waals surface area contributed by atoms with E-state index in [1.807, 2.05) is 30.6 Å². The van der Waals surface area contributed by atoms with E-state index in [2.05, 4.69) is 6.07 Å². The topological polar surface area (TPSA) is 35.5 Å². The Morgan fingerprint density at radius 1 is 1.33 bits per heavy atom. The summed E-state index contributed by atoms with van der Waals surface area (Å²) in [5.74, 6) is 0.809. The van der Waals surface area contributed by atoms with Crippen LogP contribution in [0.4, 0.5) is 0 Å². The lowest BCUT2D eigenvalue weighted by molar-refractivity contribution is -0.209. The number of aryl methyl sites for hydroxylation is 1. The molecule has 1 heterocycles. The zero-order valence-corrected chi connectivity index (χ0v) is 10.4. The first kappa shape index (κ1) is 12.8. The molecule has 1 aromatic carbocycles. The van der Waals surface area contributed by atoms with Gasteiger partial charge in [0.15, 0.2) is 12.0 Å². The van der Waals surface area contributed by atoms with Gasteiger partial charge < -0.3 is 4.89 Å². The van der Waals surface area contributed by atoms with Crippen molar-refractivity contribution in [1.29, 1.82) is 0 Å². The van der Waals surface area contributed by atoms with Crippen LogP contribution in [0.2, 0.25) is 0 Å². The first-order valence-corrected chi connectivity index (χ1v) is 6.34. The Kier molecular flexibility index (Phi) is 4.97. The van der Waals surface area contributed by atoms with Gasteiger partial charge in [0.1, 0.15) is 0 Å². The average molecular weight is 245 g/mol. The van der Waals surface area contributed by atoms with Crippen molar-refractivity contribution >= 4 is 12.4 Å². The predicted molar refractivity (Wildman–Crippen MR) is 69.9 cm³/mol. The van der Waals surface area contributed by atoms with Gasteiger partial charge in [-0.3, -0.25) is 4.79 Å². The maximum atomic E-state index is 10.1. The van der Waals surface area contributed by atoms with E-state index in [4.69, 9.17) is 9.78 Å². The molecule has 0 N–H and O–H groups in total. The normalized spacial score (nSPS) is 15.6. The van der Waals surface area contributed by atoms with Gasteiger partial charge in [-0.2, -0.15) is 4.89 Å². The van der Waals surface area contributed by atoms with Gasteiger partial charge in [-0.15, -0.1) is 0 Å². The van der Waals surface area contributed by atoms with Crippen LogP contribution in [0.5, 0.6) is 5.75 Å². The minimum atomic E-state index is 0.433. The van der Waals surface area contributed by atoms with E-state index in [0.717, 1.165) is 30.6 Å². The number of carbonyl (C=O) groups excluding carboxylic acids is 1.